The van der Waals surface area contributed by atoms with Crippen LogP contribution in [0.15, 0.2) is 42.5 Å². The predicted molar refractivity (Wildman–Crippen MR) is 121 cm³/mol. The van der Waals surface area contributed by atoms with Crippen LogP contribution in [0.4, 0.5) is 5.69 Å². The summed E-state index contributed by atoms with van der Waals surface area (Å²) in [5.74, 6) is -0.0791. The van der Waals surface area contributed by atoms with Crippen molar-refractivity contribution in [2.24, 2.45) is 0 Å². The Kier molecular flexibility index (Phi) is 6.95. The third kappa shape index (κ3) is 5.29. The molecule has 30 heavy (non-hydrogen) atoms. The van der Waals surface area contributed by atoms with E-state index in [4.69, 9.17) is 16.3 Å². The Bertz CT molecular complexity index is 1060. The van der Waals surface area contributed by atoms with E-state index in [1.54, 1.807) is 0 Å². The Morgan fingerprint density at radius 1 is 1.17 bits per heavy atom. The molecular weight excluding hydrogens is 398 g/mol. The molecule has 158 valence electrons. The zero-order valence-electron chi connectivity index (χ0n) is 18.1. The van der Waals surface area contributed by atoms with Gasteiger partial charge in [0, 0.05) is 22.0 Å². The maximum absolute atomic E-state index is 12.7. The fraction of sp³-hybridized carbons (Fsp3) is 0.333. The smallest absolute Gasteiger partial charge is 0.228 e. The highest BCUT2D eigenvalue weighted by Crippen LogP contribution is 2.23. The molecule has 3 rings (SSSR count). The highest BCUT2D eigenvalue weighted by atomic mass is 35.5. The number of amides is 1. The summed E-state index contributed by atoms with van der Waals surface area (Å²) in [5, 5.41) is 8.31. The van der Waals surface area contributed by atoms with E-state index in [2.05, 4.69) is 10.4 Å². The number of ether oxygens (including phenoxy) is 1. The lowest BCUT2D eigenvalue weighted by atomic mass is 10.1. The molecule has 0 radical (unpaired) electrons. The minimum absolute atomic E-state index is 0.0791. The Labute approximate surface area is 183 Å². The molecule has 1 aromatic heterocycles. The van der Waals surface area contributed by atoms with Crippen LogP contribution < -0.4 is 5.32 Å². The summed E-state index contributed by atoms with van der Waals surface area (Å²) in [7, 11) is 0. The summed E-state index contributed by atoms with van der Waals surface area (Å²) >= 11 is 6.28. The molecule has 0 unspecified atom stereocenters. The molecule has 0 saturated heterocycles. The summed E-state index contributed by atoms with van der Waals surface area (Å²) in [6, 6.07) is 13.6. The topological polar surface area (TPSA) is 56.2 Å². The lowest BCUT2D eigenvalue weighted by molar-refractivity contribution is -0.115. The van der Waals surface area contributed by atoms with Crippen LogP contribution >= 0.6 is 11.6 Å². The summed E-state index contributed by atoms with van der Waals surface area (Å²) in [6.45, 7) is 10.4. The first-order valence-electron chi connectivity index (χ1n) is 10.1. The number of hydrogen-bond donors (Lipinski definition) is 1. The van der Waals surface area contributed by atoms with Crippen LogP contribution in [0, 0.1) is 20.8 Å². The largest absolute Gasteiger partial charge is 0.374 e. The Balaban J connectivity index is 1.74. The number of halogens is 1. The average Bonchev–Trinajstić information content (AvgIpc) is 2.97. The quantitative estimate of drug-likeness (QED) is 0.539. The van der Waals surface area contributed by atoms with Crippen LogP contribution in [0.5, 0.6) is 0 Å². The highest BCUT2D eigenvalue weighted by Gasteiger charge is 2.16. The highest BCUT2D eigenvalue weighted by molar-refractivity contribution is 6.31. The molecule has 0 aliphatic carbocycles. The molecule has 2 aromatic carbocycles. The molecule has 0 aliphatic rings. The number of carbonyl (C=O) groups excluding carboxylic acids is 1. The van der Waals surface area contributed by atoms with E-state index in [9.17, 15) is 4.79 Å². The van der Waals surface area contributed by atoms with E-state index >= 15 is 0 Å². The number of benzene rings is 2. The maximum atomic E-state index is 12.7. The van der Waals surface area contributed by atoms with Crippen molar-refractivity contribution in [3.63, 3.8) is 0 Å². The second-order valence-electron chi connectivity index (χ2n) is 7.78. The van der Waals surface area contributed by atoms with E-state index < -0.39 is 0 Å². The first kappa shape index (κ1) is 22.1. The van der Waals surface area contributed by atoms with Gasteiger partial charge in [-0.05, 0) is 70.0 Å². The van der Waals surface area contributed by atoms with Gasteiger partial charge in [0.05, 0.1) is 30.5 Å². The fourth-order valence-corrected chi connectivity index (χ4v) is 3.44. The van der Waals surface area contributed by atoms with E-state index in [1.165, 1.54) is 0 Å². The summed E-state index contributed by atoms with van der Waals surface area (Å²) in [4.78, 5) is 12.7. The van der Waals surface area contributed by atoms with Crippen molar-refractivity contribution in [2.45, 2.75) is 53.8 Å². The van der Waals surface area contributed by atoms with Crippen LogP contribution in [0.1, 0.15) is 41.9 Å². The second kappa shape index (κ2) is 9.45. The van der Waals surface area contributed by atoms with Gasteiger partial charge in [-0.15, -0.1) is 0 Å². The normalized spacial score (nSPS) is 11.2. The number of nitrogens with zero attached hydrogens (tertiary/aromatic N) is 2. The van der Waals surface area contributed by atoms with Crippen molar-refractivity contribution in [1.29, 1.82) is 0 Å². The number of nitrogens with one attached hydrogen (secondary N) is 1. The lowest BCUT2D eigenvalue weighted by Crippen LogP contribution is -2.15. The van der Waals surface area contributed by atoms with Gasteiger partial charge in [-0.25, -0.2) is 4.68 Å². The van der Waals surface area contributed by atoms with Gasteiger partial charge in [0.1, 0.15) is 0 Å². The Morgan fingerprint density at radius 2 is 1.93 bits per heavy atom. The van der Waals surface area contributed by atoms with Crippen LogP contribution in [0.3, 0.4) is 0 Å². The van der Waals surface area contributed by atoms with Crippen LogP contribution in [-0.2, 0) is 22.6 Å². The standard InChI is InChI=1S/C24H28ClN3O2/c1-15(2)30-14-19-7-6-8-20(11-19)26-24(29)13-22-17(4)27-28(18(22)5)21-10-9-16(3)23(25)12-21/h6-12,15H,13-14H2,1-5H3,(H,26,29). The first-order chi connectivity index (χ1) is 14.2. The zero-order valence-corrected chi connectivity index (χ0v) is 18.9. The molecule has 6 heteroatoms. The molecule has 1 N–H and O–H groups in total. The zero-order chi connectivity index (χ0) is 21.8. The van der Waals surface area contributed by atoms with Gasteiger partial charge >= 0.3 is 0 Å². The SMILES string of the molecule is Cc1ccc(-n2nc(C)c(CC(=O)Nc3cccc(COC(C)C)c3)c2C)cc1Cl. The van der Waals surface area contributed by atoms with Gasteiger partial charge in [0.15, 0.2) is 0 Å². The molecule has 1 heterocycles. The number of rotatable bonds is 7. The minimum atomic E-state index is -0.0791. The third-order valence-corrected chi connectivity index (χ3v) is 5.38. The van der Waals surface area contributed by atoms with E-state index in [0.717, 1.165) is 39.5 Å². The van der Waals surface area contributed by atoms with E-state index in [0.29, 0.717) is 11.6 Å². The summed E-state index contributed by atoms with van der Waals surface area (Å²) in [6.07, 6.45) is 0.415. The molecular formula is C24H28ClN3O2. The van der Waals surface area contributed by atoms with Gasteiger partial charge < -0.3 is 10.1 Å². The average molecular weight is 426 g/mol. The molecule has 0 bridgehead atoms. The van der Waals surface area contributed by atoms with Gasteiger partial charge in [-0.1, -0.05) is 29.8 Å². The molecule has 5 nitrogen and oxygen atoms in total. The molecule has 0 aliphatic heterocycles. The van der Waals surface area contributed by atoms with Gasteiger partial charge in [-0.2, -0.15) is 5.10 Å². The van der Waals surface area contributed by atoms with Gasteiger partial charge in [-0.3, -0.25) is 4.79 Å². The molecule has 0 fully saturated rings. The summed E-state index contributed by atoms with van der Waals surface area (Å²) < 4.78 is 7.48. The second-order valence-corrected chi connectivity index (χ2v) is 8.19. The monoisotopic (exact) mass is 425 g/mol. The number of carbonyl (C=O) groups is 1. The number of aryl methyl sites for hydroxylation is 2. The molecule has 0 atom stereocenters. The third-order valence-electron chi connectivity index (χ3n) is 4.97. The van der Waals surface area contributed by atoms with Gasteiger partial charge in [0.2, 0.25) is 5.91 Å². The molecule has 0 spiro atoms. The van der Waals surface area contributed by atoms with Crippen LogP contribution in [0.2, 0.25) is 5.02 Å². The number of anilines is 1. The van der Waals surface area contributed by atoms with E-state index in [1.807, 2.05) is 81.8 Å². The van der Waals surface area contributed by atoms with Crippen molar-refractivity contribution in [3.05, 3.63) is 75.6 Å². The summed E-state index contributed by atoms with van der Waals surface area (Å²) in [5.41, 5.74) is 6.37. The molecule has 1 amide bonds. The van der Waals surface area contributed by atoms with Crippen LogP contribution in [0.25, 0.3) is 5.69 Å². The van der Waals surface area contributed by atoms with E-state index in [-0.39, 0.29) is 18.4 Å². The first-order valence-corrected chi connectivity index (χ1v) is 10.4. The predicted octanol–water partition coefficient (Wildman–Crippen LogP) is 5.56. The fourth-order valence-electron chi connectivity index (χ4n) is 3.26. The Morgan fingerprint density at radius 3 is 2.63 bits per heavy atom. The van der Waals surface area contributed by atoms with Crippen molar-refractivity contribution in [1.82, 2.24) is 9.78 Å². The molecule has 0 saturated carbocycles. The maximum Gasteiger partial charge on any atom is 0.228 e. The van der Waals surface area contributed by atoms with Crippen molar-refractivity contribution in [3.8, 4) is 5.69 Å². The van der Waals surface area contributed by atoms with Crippen molar-refractivity contribution < 1.29 is 9.53 Å². The van der Waals surface area contributed by atoms with Crippen molar-refractivity contribution >= 4 is 23.2 Å². The minimum Gasteiger partial charge on any atom is -0.374 e. The number of hydrogen-bond acceptors (Lipinski definition) is 3. The number of aromatic nitrogens is 2. The Hall–Kier alpha value is -2.63. The lowest BCUT2D eigenvalue weighted by Gasteiger charge is -2.10. The van der Waals surface area contributed by atoms with Gasteiger partial charge in [0.25, 0.3) is 0 Å². The van der Waals surface area contributed by atoms with Crippen LogP contribution in [-0.4, -0.2) is 21.8 Å². The van der Waals surface area contributed by atoms with Crippen molar-refractivity contribution in [2.75, 3.05) is 5.32 Å². The molecule has 3 aromatic rings.